The normalized spacial score (nSPS) is 18.6. The zero-order chi connectivity index (χ0) is 20.9. The van der Waals surface area contributed by atoms with Gasteiger partial charge in [-0.25, -0.2) is 0 Å². The quantitative estimate of drug-likeness (QED) is 0.455. The van der Waals surface area contributed by atoms with E-state index < -0.39 is 0 Å². The van der Waals surface area contributed by atoms with Crippen molar-refractivity contribution in [3.05, 3.63) is 76.7 Å². The maximum atomic E-state index is 7.48. The standard InChI is InChI=1S/C25H29ClN4/c1-2-30(17-27)14-4-5-19-15-20-16-21(26)7-8-22(20)24(18-9-12-28-13-10-18)25-23(19)6-3-11-29-25/h2-3,6-8,11,15-18,24,27-28H,1,4-5,9-10,12-14H2. The third-order valence-electron chi connectivity index (χ3n) is 6.31. The molecule has 2 aliphatic rings. The van der Waals surface area contributed by atoms with Crippen molar-refractivity contribution in [1.82, 2.24) is 15.2 Å². The van der Waals surface area contributed by atoms with Gasteiger partial charge in [0.1, 0.15) is 0 Å². The number of hydrogen-bond acceptors (Lipinski definition) is 3. The Bertz CT molecular complexity index is 938. The number of aromatic nitrogens is 1. The number of benzene rings is 1. The van der Waals surface area contributed by atoms with Crippen molar-refractivity contribution in [2.45, 2.75) is 31.6 Å². The van der Waals surface area contributed by atoms with Crippen LogP contribution in [0.25, 0.3) is 11.6 Å². The molecule has 1 atom stereocenters. The second kappa shape index (κ2) is 9.59. The molecule has 5 heteroatoms. The van der Waals surface area contributed by atoms with Crippen LogP contribution < -0.4 is 5.32 Å². The van der Waals surface area contributed by atoms with Gasteiger partial charge < -0.3 is 10.2 Å². The lowest BCUT2D eigenvalue weighted by molar-refractivity contribution is 0.339. The molecule has 0 amide bonds. The molecule has 156 valence electrons. The molecule has 2 aromatic rings. The Labute approximate surface area is 184 Å². The van der Waals surface area contributed by atoms with Gasteiger partial charge >= 0.3 is 0 Å². The molecule has 1 aromatic heterocycles. The molecular formula is C25H29ClN4. The number of rotatable bonds is 7. The Morgan fingerprint density at radius 1 is 1.27 bits per heavy atom. The number of hydrogen-bond donors (Lipinski definition) is 2. The number of allylic oxidation sites excluding steroid dienone is 1. The van der Waals surface area contributed by atoms with Gasteiger partial charge in [-0.1, -0.05) is 36.4 Å². The van der Waals surface area contributed by atoms with Crippen LogP contribution in [0.5, 0.6) is 0 Å². The summed E-state index contributed by atoms with van der Waals surface area (Å²) in [5.74, 6) is 0.859. The summed E-state index contributed by atoms with van der Waals surface area (Å²) in [6, 6.07) is 10.6. The lowest BCUT2D eigenvalue weighted by Gasteiger charge is -2.32. The number of pyridine rings is 1. The third-order valence-corrected chi connectivity index (χ3v) is 6.55. The van der Waals surface area contributed by atoms with Gasteiger partial charge in [0.05, 0.1) is 12.0 Å². The Kier molecular flexibility index (Phi) is 6.66. The minimum Gasteiger partial charge on any atom is -0.340 e. The van der Waals surface area contributed by atoms with Crippen molar-refractivity contribution < 1.29 is 0 Å². The fourth-order valence-electron chi connectivity index (χ4n) is 4.83. The average Bonchev–Trinajstić information content (AvgIpc) is 2.91. The zero-order valence-electron chi connectivity index (χ0n) is 17.3. The third kappa shape index (κ3) is 4.35. The Morgan fingerprint density at radius 2 is 2.10 bits per heavy atom. The van der Waals surface area contributed by atoms with Crippen LogP contribution in [-0.2, 0) is 0 Å². The van der Waals surface area contributed by atoms with Gasteiger partial charge in [0, 0.05) is 23.7 Å². The van der Waals surface area contributed by atoms with Crippen molar-refractivity contribution >= 4 is 29.6 Å². The molecule has 0 radical (unpaired) electrons. The Morgan fingerprint density at radius 3 is 2.87 bits per heavy atom. The number of nitrogens with one attached hydrogen (secondary N) is 2. The number of halogens is 1. The fourth-order valence-corrected chi connectivity index (χ4v) is 5.01. The molecule has 30 heavy (non-hydrogen) atoms. The van der Waals surface area contributed by atoms with Crippen LogP contribution in [0.2, 0.25) is 5.02 Å². The predicted molar refractivity (Wildman–Crippen MR) is 126 cm³/mol. The van der Waals surface area contributed by atoms with Crippen molar-refractivity contribution in [2.24, 2.45) is 5.92 Å². The summed E-state index contributed by atoms with van der Waals surface area (Å²) in [5, 5.41) is 11.8. The Hall–Kier alpha value is -2.43. The molecule has 1 aliphatic carbocycles. The summed E-state index contributed by atoms with van der Waals surface area (Å²) in [7, 11) is 0. The lowest BCUT2D eigenvalue weighted by Crippen LogP contribution is -2.32. The van der Waals surface area contributed by atoms with E-state index in [0.717, 1.165) is 50.3 Å². The summed E-state index contributed by atoms with van der Waals surface area (Å²) < 4.78 is 0. The van der Waals surface area contributed by atoms with Crippen LogP contribution in [0.15, 0.2) is 49.3 Å². The topological polar surface area (TPSA) is 52.0 Å². The van der Waals surface area contributed by atoms with Crippen LogP contribution in [0.3, 0.4) is 0 Å². The van der Waals surface area contributed by atoms with Gasteiger partial charge in [-0.3, -0.25) is 10.4 Å². The van der Waals surface area contributed by atoms with Crippen LogP contribution in [0, 0.1) is 11.3 Å². The molecule has 0 saturated carbocycles. The number of piperidine rings is 1. The maximum Gasteiger partial charge on any atom is 0.0856 e. The largest absolute Gasteiger partial charge is 0.340 e. The Balaban J connectivity index is 1.75. The second-order valence-electron chi connectivity index (χ2n) is 8.10. The van der Waals surface area contributed by atoms with Gasteiger partial charge in [0.25, 0.3) is 0 Å². The van der Waals surface area contributed by atoms with Crippen LogP contribution in [0.1, 0.15) is 54.0 Å². The van der Waals surface area contributed by atoms with E-state index in [4.69, 9.17) is 22.0 Å². The van der Waals surface area contributed by atoms with E-state index in [1.807, 2.05) is 23.2 Å². The van der Waals surface area contributed by atoms with E-state index in [2.05, 4.69) is 36.2 Å². The smallest absolute Gasteiger partial charge is 0.0856 e. The monoisotopic (exact) mass is 420 g/mol. The van der Waals surface area contributed by atoms with Gasteiger partial charge in [-0.15, -0.1) is 0 Å². The van der Waals surface area contributed by atoms with E-state index in [-0.39, 0.29) is 5.92 Å². The van der Waals surface area contributed by atoms with Crippen molar-refractivity contribution in [2.75, 3.05) is 19.6 Å². The minimum absolute atomic E-state index is 0.288. The van der Waals surface area contributed by atoms with Crippen molar-refractivity contribution in [3.8, 4) is 0 Å². The van der Waals surface area contributed by atoms with E-state index in [9.17, 15) is 0 Å². The molecule has 1 aliphatic heterocycles. The van der Waals surface area contributed by atoms with Crippen LogP contribution in [-0.4, -0.2) is 35.9 Å². The molecule has 4 nitrogen and oxygen atoms in total. The van der Waals surface area contributed by atoms with Crippen LogP contribution >= 0.6 is 11.6 Å². The van der Waals surface area contributed by atoms with Crippen molar-refractivity contribution in [1.29, 1.82) is 5.41 Å². The molecule has 2 heterocycles. The molecule has 4 rings (SSSR count). The average molecular weight is 421 g/mol. The van der Waals surface area contributed by atoms with E-state index >= 15 is 0 Å². The van der Waals surface area contributed by atoms with E-state index in [0.29, 0.717) is 5.92 Å². The SMILES string of the molecule is C=CN(C=N)CCCC1=Cc2cc(Cl)ccc2C(C2CCNCC2)c2ncccc21. The highest BCUT2D eigenvalue weighted by molar-refractivity contribution is 6.30. The lowest BCUT2D eigenvalue weighted by atomic mass is 9.76. The number of fused-ring (bicyclic) bond motifs is 2. The molecule has 1 aromatic carbocycles. The first-order chi connectivity index (χ1) is 14.7. The van der Waals surface area contributed by atoms with E-state index in [1.165, 1.54) is 34.3 Å². The first kappa shape index (κ1) is 20.8. The summed E-state index contributed by atoms with van der Waals surface area (Å²) in [6.07, 6.45) is 11.4. The van der Waals surface area contributed by atoms with Gasteiger partial charge in [-0.05, 0) is 91.4 Å². The first-order valence-electron chi connectivity index (χ1n) is 10.8. The molecule has 0 bridgehead atoms. The second-order valence-corrected chi connectivity index (χ2v) is 8.53. The number of nitrogens with zero attached hydrogens (tertiary/aromatic N) is 2. The molecule has 1 unspecified atom stereocenters. The van der Waals surface area contributed by atoms with Crippen molar-refractivity contribution in [3.63, 3.8) is 0 Å². The van der Waals surface area contributed by atoms with Crippen LogP contribution in [0.4, 0.5) is 0 Å². The highest BCUT2D eigenvalue weighted by atomic mass is 35.5. The summed E-state index contributed by atoms with van der Waals surface area (Å²) >= 11 is 6.41. The predicted octanol–water partition coefficient (Wildman–Crippen LogP) is 5.55. The summed E-state index contributed by atoms with van der Waals surface area (Å²) in [5.41, 5.74) is 6.31. The summed E-state index contributed by atoms with van der Waals surface area (Å²) in [4.78, 5) is 6.74. The summed E-state index contributed by atoms with van der Waals surface area (Å²) in [6.45, 7) is 6.68. The van der Waals surface area contributed by atoms with Gasteiger partial charge in [0.2, 0.25) is 0 Å². The molecule has 2 N–H and O–H groups in total. The molecular weight excluding hydrogens is 392 g/mol. The highest BCUT2D eigenvalue weighted by Crippen LogP contribution is 2.44. The molecule has 1 fully saturated rings. The molecule has 1 saturated heterocycles. The van der Waals surface area contributed by atoms with E-state index in [1.54, 1.807) is 6.20 Å². The fraction of sp³-hybridized carbons (Fsp3) is 0.360. The molecule has 0 spiro atoms. The highest BCUT2D eigenvalue weighted by Gasteiger charge is 2.32. The van der Waals surface area contributed by atoms with Gasteiger partial charge in [-0.2, -0.15) is 0 Å². The zero-order valence-corrected chi connectivity index (χ0v) is 18.0. The minimum atomic E-state index is 0.288. The van der Waals surface area contributed by atoms with Gasteiger partial charge in [0.15, 0.2) is 0 Å². The first-order valence-corrected chi connectivity index (χ1v) is 11.1. The maximum absolute atomic E-state index is 7.48.